The van der Waals surface area contributed by atoms with Gasteiger partial charge in [0, 0.05) is 46.5 Å². The van der Waals surface area contributed by atoms with Crippen LogP contribution >= 0.6 is 15.9 Å². The topological polar surface area (TPSA) is 111 Å². The number of rotatable bonds is 9. The number of hydrogen-bond acceptors (Lipinski definition) is 6. The average molecular weight is 730 g/mol. The van der Waals surface area contributed by atoms with E-state index < -0.39 is 30.0 Å². The summed E-state index contributed by atoms with van der Waals surface area (Å²) in [6.07, 6.45) is 2.49. The summed E-state index contributed by atoms with van der Waals surface area (Å²) >= 11 is 3.13. The van der Waals surface area contributed by atoms with Crippen molar-refractivity contribution in [2.24, 2.45) is 0 Å². The molecule has 250 valence electrons. The number of benzene rings is 3. The Hall–Kier alpha value is -5.17. The number of halogens is 3. The molecule has 1 atom stereocenters. The predicted octanol–water partition coefficient (Wildman–Crippen LogP) is 6.31. The van der Waals surface area contributed by atoms with Crippen molar-refractivity contribution in [1.29, 1.82) is 0 Å². The Balaban J connectivity index is 1.26. The minimum atomic E-state index is -2.78. The van der Waals surface area contributed by atoms with Crippen molar-refractivity contribution in [2.45, 2.75) is 58.0 Å². The molecule has 1 saturated carbocycles. The van der Waals surface area contributed by atoms with Gasteiger partial charge in [0.15, 0.2) is 0 Å². The van der Waals surface area contributed by atoms with Gasteiger partial charge >= 0.3 is 5.69 Å². The molecule has 7 rings (SSSR count). The summed E-state index contributed by atoms with van der Waals surface area (Å²) in [7, 11) is 0. The molecule has 13 heteroatoms. The van der Waals surface area contributed by atoms with E-state index in [-0.39, 0.29) is 47.0 Å². The summed E-state index contributed by atoms with van der Waals surface area (Å²) in [5, 5.41) is 2.99. The molecule has 0 saturated heterocycles. The predicted molar refractivity (Wildman–Crippen MR) is 181 cm³/mol. The lowest BCUT2D eigenvalue weighted by Crippen LogP contribution is -2.47. The molecule has 3 heterocycles. The van der Waals surface area contributed by atoms with Gasteiger partial charge in [-0.05, 0) is 73.9 Å². The molecule has 10 nitrogen and oxygen atoms in total. The fourth-order valence-electron chi connectivity index (χ4n) is 6.06. The van der Waals surface area contributed by atoms with Gasteiger partial charge in [-0.3, -0.25) is 18.7 Å². The first-order chi connectivity index (χ1) is 23.7. The van der Waals surface area contributed by atoms with Crippen LogP contribution in [0.5, 0.6) is 5.75 Å². The second-order valence-electron chi connectivity index (χ2n) is 12.1. The van der Waals surface area contributed by atoms with Crippen molar-refractivity contribution in [1.82, 2.24) is 29.3 Å². The molecule has 1 aliphatic heterocycles. The van der Waals surface area contributed by atoms with Gasteiger partial charge in [0.2, 0.25) is 0 Å². The minimum Gasteiger partial charge on any atom is -0.490 e. The van der Waals surface area contributed by atoms with Gasteiger partial charge < -0.3 is 15.0 Å². The van der Waals surface area contributed by atoms with Crippen molar-refractivity contribution < 1.29 is 23.1 Å². The van der Waals surface area contributed by atoms with Crippen LogP contribution in [-0.4, -0.2) is 48.0 Å². The maximum Gasteiger partial charge on any atom is 0.333 e. The van der Waals surface area contributed by atoms with Crippen molar-refractivity contribution in [2.75, 3.05) is 0 Å². The number of aromatic nitrogens is 4. The Morgan fingerprint density at radius 3 is 2.55 bits per heavy atom. The zero-order valence-electron chi connectivity index (χ0n) is 26.4. The van der Waals surface area contributed by atoms with E-state index >= 15 is 0 Å². The summed E-state index contributed by atoms with van der Waals surface area (Å²) in [5.74, 6) is -0.342. The van der Waals surface area contributed by atoms with Crippen molar-refractivity contribution in [3.05, 3.63) is 128 Å². The maximum atomic E-state index is 14.2. The summed E-state index contributed by atoms with van der Waals surface area (Å²) in [4.78, 5) is 52.0. The van der Waals surface area contributed by atoms with E-state index in [4.69, 9.17) is 4.74 Å². The van der Waals surface area contributed by atoms with Crippen molar-refractivity contribution in [3.63, 3.8) is 0 Å². The Morgan fingerprint density at radius 1 is 1.06 bits per heavy atom. The first-order valence-corrected chi connectivity index (χ1v) is 16.6. The quantitative estimate of drug-likeness (QED) is 0.191. The molecular weight excluding hydrogens is 698 g/mol. The highest BCUT2D eigenvalue weighted by Gasteiger charge is 2.36. The lowest BCUT2D eigenvalue weighted by Gasteiger charge is -2.34. The van der Waals surface area contributed by atoms with E-state index in [1.54, 1.807) is 43.5 Å². The van der Waals surface area contributed by atoms with Crippen LogP contribution in [0.15, 0.2) is 94.6 Å². The second-order valence-corrected chi connectivity index (χ2v) is 12.9. The van der Waals surface area contributed by atoms with Gasteiger partial charge in [-0.2, -0.15) is 0 Å². The minimum absolute atomic E-state index is 0.0779. The highest BCUT2D eigenvalue weighted by atomic mass is 79.9. The van der Waals surface area contributed by atoms with Gasteiger partial charge in [0.1, 0.15) is 17.8 Å². The molecule has 2 amide bonds. The fraction of sp³-hybridized carbons (Fsp3) is 0.250. The summed E-state index contributed by atoms with van der Waals surface area (Å²) < 4.78 is 36.3. The number of carbonyl (C=O) groups is 2. The molecular formula is C36H31BrF2N6O4. The number of nitrogens with zero attached hydrogens (tertiary/aromatic N) is 5. The fourth-order valence-corrected chi connectivity index (χ4v) is 6.48. The summed E-state index contributed by atoms with van der Waals surface area (Å²) in [5.41, 5.74) is 2.54. The summed E-state index contributed by atoms with van der Waals surface area (Å²) in [6.45, 7) is 1.92. The highest BCUT2D eigenvalue weighted by molar-refractivity contribution is 9.10. The lowest BCUT2D eigenvalue weighted by molar-refractivity contribution is 0.0610. The Kier molecular flexibility index (Phi) is 8.84. The smallest absolute Gasteiger partial charge is 0.333 e. The normalized spacial score (nSPS) is 15.6. The number of alkyl halides is 2. The molecule has 3 aromatic carbocycles. The Labute approximate surface area is 288 Å². The van der Waals surface area contributed by atoms with Gasteiger partial charge in [-0.15, -0.1) is 0 Å². The van der Waals surface area contributed by atoms with Crippen LogP contribution in [0.1, 0.15) is 63.9 Å². The number of carbonyl (C=O) groups excluding carboxylic acids is 2. The first kappa shape index (κ1) is 32.4. The molecule has 0 radical (unpaired) electrons. The van der Waals surface area contributed by atoms with Crippen LogP contribution in [0.3, 0.4) is 0 Å². The van der Waals surface area contributed by atoms with Crippen LogP contribution < -0.4 is 15.7 Å². The Bertz CT molecular complexity index is 2100. The molecule has 49 heavy (non-hydrogen) atoms. The lowest BCUT2D eigenvalue weighted by atomic mass is 10.0. The van der Waals surface area contributed by atoms with Crippen LogP contribution in [0.2, 0.25) is 0 Å². The van der Waals surface area contributed by atoms with E-state index in [1.807, 2.05) is 24.3 Å². The third-order valence-electron chi connectivity index (χ3n) is 8.73. The third-order valence-corrected chi connectivity index (χ3v) is 9.46. The second kappa shape index (κ2) is 13.4. The number of amides is 2. The molecule has 2 aliphatic rings. The van der Waals surface area contributed by atoms with Gasteiger partial charge in [-0.1, -0.05) is 40.2 Å². The van der Waals surface area contributed by atoms with Gasteiger partial charge in [0.05, 0.1) is 29.7 Å². The molecule has 2 aromatic heterocycles. The molecule has 5 aromatic rings. The molecule has 1 unspecified atom stereocenters. The third kappa shape index (κ3) is 6.50. The summed E-state index contributed by atoms with van der Waals surface area (Å²) in [6, 6.07) is 19.9. The average Bonchev–Trinajstić information content (AvgIpc) is 3.89. The van der Waals surface area contributed by atoms with Crippen LogP contribution in [0.4, 0.5) is 8.78 Å². The number of ether oxygens (including phenoxy) is 1. The van der Waals surface area contributed by atoms with Crippen molar-refractivity contribution >= 4 is 27.7 Å². The van der Waals surface area contributed by atoms with Crippen molar-refractivity contribution in [3.8, 4) is 22.7 Å². The zero-order chi connectivity index (χ0) is 34.2. The molecule has 1 fully saturated rings. The SMILES string of the molecule is CC1Cn2c(c(C(=O)NCc3ccccc3-c3ccncn3)n(-c3ccc(OC4CC4)cc3)c2=O)CN1C(=O)c1ccc(Br)c(C(F)F)c1. The Morgan fingerprint density at radius 2 is 1.84 bits per heavy atom. The van der Waals surface area contributed by atoms with E-state index in [2.05, 4.69) is 31.2 Å². The van der Waals surface area contributed by atoms with Crippen LogP contribution in [0.25, 0.3) is 16.9 Å². The highest BCUT2D eigenvalue weighted by Crippen LogP contribution is 2.31. The standard InChI is InChI=1S/C36H31BrF2N6O4/c1-21-18-44-31(19-43(21)35(47)22-6-13-29(37)28(16-22)33(38)39)32(45(36(44)48)24-7-9-25(10-8-24)49-26-11-12-26)34(46)41-17-23-4-2-3-5-27(23)30-14-15-40-20-42-30/h2-10,13-16,20-21,26,33H,11-12,17-19H2,1H3,(H,41,46). The van der Waals surface area contributed by atoms with Gasteiger partial charge in [0.25, 0.3) is 18.2 Å². The number of hydrogen-bond donors (Lipinski definition) is 1. The van der Waals surface area contributed by atoms with Crippen LogP contribution in [0, 0.1) is 0 Å². The molecule has 1 N–H and O–H groups in total. The number of imidazole rings is 1. The van der Waals surface area contributed by atoms with E-state index in [1.165, 1.54) is 38.6 Å². The molecule has 0 spiro atoms. The van der Waals surface area contributed by atoms with E-state index in [0.717, 1.165) is 24.0 Å². The largest absolute Gasteiger partial charge is 0.490 e. The maximum absolute atomic E-state index is 14.2. The van der Waals surface area contributed by atoms with Crippen LogP contribution in [-0.2, 0) is 19.6 Å². The van der Waals surface area contributed by atoms with E-state index in [0.29, 0.717) is 22.8 Å². The number of nitrogens with one attached hydrogen (secondary N) is 1. The number of fused-ring (bicyclic) bond motifs is 1. The molecule has 0 bridgehead atoms. The van der Waals surface area contributed by atoms with E-state index in [9.17, 15) is 23.2 Å². The molecule has 1 aliphatic carbocycles. The first-order valence-electron chi connectivity index (χ1n) is 15.8. The van der Waals surface area contributed by atoms with Gasteiger partial charge in [-0.25, -0.2) is 23.5 Å². The monoisotopic (exact) mass is 728 g/mol. The zero-order valence-corrected chi connectivity index (χ0v) is 27.9.